The zero-order valence-corrected chi connectivity index (χ0v) is 19.5. The molecule has 0 spiro atoms. The molecule has 2 aliphatic rings. The van der Waals surface area contributed by atoms with Crippen molar-refractivity contribution in [2.24, 2.45) is 5.16 Å². The lowest BCUT2D eigenvalue weighted by Crippen LogP contribution is -2.61. The number of nitrogens with zero attached hydrogens (tertiary/aromatic N) is 6. The monoisotopic (exact) mass is 515 g/mol. The van der Waals surface area contributed by atoms with E-state index in [1.54, 1.807) is 11.4 Å². The summed E-state index contributed by atoms with van der Waals surface area (Å²) in [5.74, 6) is -2.46. The summed E-state index contributed by atoms with van der Waals surface area (Å²) in [6, 6.07) is 2.99. The summed E-state index contributed by atoms with van der Waals surface area (Å²) < 4.78 is 2.75. The molecule has 1 fully saturated rings. The number of carbonyl (C=O) groups excluding carboxylic acids is 2. The number of nitrogens with two attached hydrogens (primary N) is 1. The van der Waals surface area contributed by atoms with Gasteiger partial charge in [0.2, 0.25) is 5.91 Å². The molecule has 2 amide bonds. The number of hydrogen-bond donors (Lipinski definition) is 4. The van der Waals surface area contributed by atoms with E-state index in [-0.39, 0.29) is 40.0 Å². The first-order valence-electron chi connectivity index (χ1n) is 9.95. The summed E-state index contributed by atoms with van der Waals surface area (Å²) in [5.41, 5.74) is 6.22. The Bertz CT molecular complexity index is 1510. The topological polar surface area (TPSA) is 193 Å². The minimum Gasteiger partial charge on any atom is -0.477 e. The fourth-order valence-electron chi connectivity index (χ4n) is 4.01. The van der Waals surface area contributed by atoms with Crippen molar-refractivity contribution in [3.05, 3.63) is 46.8 Å². The lowest BCUT2D eigenvalue weighted by Gasteiger charge is -2.51. The number of amides is 2. The van der Waals surface area contributed by atoms with Crippen LogP contribution in [0.3, 0.4) is 0 Å². The maximum Gasteiger partial charge on any atom is 0.354 e. The van der Waals surface area contributed by atoms with Gasteiger partial charge in [-0.2, -0.15) is 9.61 Å². The van der Waals surface area contributed by atoms with Crippen molar-refractivity contribution in [2.75, 3.05) is 12.8 Å². The number of carbonyl (C=O) groups is 3. The molecular weight excluding hydrogens is 498 g/mol. The highest BCUT2D eigenvalue weighted by Crippen LogP contribution is 2.55. The van der Waals surface area contributed by atoms with Crippen LogP contribution in [0.25, 0.3) is 11.3 Å². The third kappa shape index (κ3) is 3.45. The second kappa shape index (κ2) is 8.24. The summed E-state index contributed by atoms with van der Waals surface area (Å²) in [6.07, 6.45) is 3.89. The number of carboxylic acids is 1. The normalized spacial score (nSPS) is 21.8. The summed E-state index contributed by atoms with van der Waals surface area (Å²) in [4.78, 5) is 46.7. The molecule has 0 saturated carbocycles. The number of thiazole rings is 1. The maximum absolute atomic E-state index is 12.9. The van der Waals surface area contributed by atoms with Crippen molar-refractivity contribution in [1.82, 2.24) is 29.4 Å². The van der Waals surface area contributed by atoms with Crippen LogP contribution in [-0.2, 0) is 24.1 Å². The van der Waals surface area contributed by atoms with Gasteiger partial charge in [-0.05, 0) is 6.07 Å². The third-order valence-electron chi connectivity index (χ3n) is 5.40. The number of aromatic nitrogens is 4. The Morgan fingerprint density at radius 2 is 2.26 bits per heavy atom. The number of nitrogens with one attached hydrogen (secondary N) is 2. The number of nitrogen functional groups attached to an aromatic ring is 1. The molecule has 0 bridgehead atoms. The number of oxime groups is 1. The van der Waals surface area contributed by atoms with E-state index in [4.69, 9.17) is 11.1 Å². The van der Waals surface area contributed by atoms with Crippen molar-refractivity contribution in [1.29, 1.82) is 5.41 Å². The zero-order valence-electron chi connectivity index (χ0n) is 17.9. The van der Waals surface area contributed by atoms with E-state index in [0.29, 0.717) is 5.65 Å². The van der Waals surface area contributed by atoms with Crippen LogP contribution in [0.4, 0.5) is 5.13 Å². The van der Waals surface area contributed by atoms with Crippen LogP contribution in [0.15, 0.2) is 40.8 Å². The first-order chi connectivity index (χ1) is 16.8. The van der Waals surface area contributed by atoms with Gasteiger partial charge >= 0.3 is 5.97 Å². The van der Waals surface area contributed by atoms with E-state index < -0.39 is 22.1 Å². The molecule has 2 atom stereocenters. The predicted octanol–water partition coefficient (Wildman–Crippen LogP) is -0.186. The summed E-state index contributed by atoms with van der Waals surface area (Å²) in [5, 5.41) is 30.1. The first kappa shape index (κ1) is 22.6. The lowest BCUT2D eigenvalue weighted by atomic mass is 10.0. The van der Waals surface area contributed by atoms with E-state index in [0.717, 1.165) is 29.3 Å². The molecule has 0 radical (unpaired) electrons. The fraction of sp³-hybridized carbons (Fsp3) is 0.211. The largest absolute Gasteiger partial charge is 0.477 e. The Morgan fingerprint density at radius 1 is 1.46 bits per heavy atom. The average molecular weight is 516 g/mol. The van der Waals surface area contributed by atoms with Crippen molar-refractivity contribution in [2.45, 2.75) is 16.7 Å². The quantitative estimate of drug-likeness (QED) is 0.196. The van der Waals surface area contributed by atoms with Gasteiger partial charge in [0.25, 0.3) is 5.91 Å². The van der Waals surface area contributed by atoms with Crippen molar-refractivity contribution in [3.8, 4) is 0 Å². The molecule has 5 rings (SSSR count). The third-order valence-corrected chi connectivity index (χ3v) is 7.58. The molecule has 5 N–H and O–H groups in total. The lowest BCUT2D eigenvalue weighted by molar-refractivity contribution is -0.146. The Hall–Kier alpha value is -4.18. The van der Waals surface area contributed by atoms with E-state index in [9.17, 15) is 19.5 Å². The predicted molar refractivity (Wildman–Crippen MR) is 125 cm³/mol. The van der Waals surface area contributed by atoms with Crippen molar-refractivity contribution < 1.29 is 24.3 Å². The van der Waals surface area contributed by atoms with E-state index >= 15 is 0 Å². The molecule has 5 heterocycles. The first-order valence-corrected chi connectivity index (χ1v) is 11.7. The number of fused-ring (bicyclic) bond motifs is 2. The molecule has 35 heavy (non-hydrogen) atoms. The molecular formula is C19H17N9O5S2. The van der Waals surface area contributed by atoms with E-state index in [1.807, 2.05) is 0 Å². The van der Waals surface area contributed by atoms with Gasteiger partial charge in [0.15, 0.2) is 15.7 Å². The second-order valence-electron chi connectivity index (χ2n) is 7.37. The molecule has 2 aliphatic heterocycles. The zero-order chi connectivity index (χ0) is 24.9. The minimum atomic E-state index is -1.61. The minimum absolute atomic E-state index is 0.00858. The number of aliphatic carboxylic acids is 1. The van der Waals surface area contributed by atoms with Crippen LogP contribution in [-0.4, -0.2) is 65.7 Å². The Morgan fingerprint density at radius 3 is 2.91 bits per heavy atom. The summed E-state index contributed by atoms with van der Waals surface area (Å²) in [6.45, 7) is 0. The molecule has 16 heteroatoms. The number of carboxylic acid groups (broad SMARTS) is 1. The molecule has 180 valence electrons. The number of rotatable bonds is 6. The Kier molecular flexibility index (Phi) is 5.32. The van der Waals surface area contributed by atoms with Gasteiger partial charge in [-0.25, -0.2) is 9.78 Å². The molecule has 1 unspecified atom stereocenters. The second-order valence-corrected chi connectivity index (χ2v) is 9.66. The van der Waals surface area contributed by atoms with Crippen LogP contribution < -0.4 is 16.5 Å². The van der Waals surface area contributed by atoms with Crippen LogP contribution in [0, 0.1) is 5.41 Å². The summed E-state index contributed by atoms with van der Waals surface area (Å²) in [7, 11) is 1.27. The van der Waals surface area contributed by atoms with Gasteiger partial charge in [-0.3, -0.25) is 24.5 Å². The average Bonchev–Trinajstić information content (AvgIpc) is 3.47. The molecule has 3 aromatic heterocycles. The van der Waals surface area contributed by atoms with Crippen LogP contribution in [0.2, 0.25) is 0 Å². The number of thioether (sulfide) groups is 1. The highest BCUT2D eigenvalue weighted by Gasteiger charge is 2.58. The van der Waals surface area contributed by atoms with Gasteiger partial charge in [0.05, 0.1) is 29.4 Å². The number of anilines is 1. The van der Waals surface area contributed by atoms with Crippen molar-refractivity contribution in [3.63, 3.8) is 0 Å². The van der Waals surface area contributed by atoms with E-state index in [1.165, 1.54) is 39.6 Å². The van der Waals surface area contributed by atoms with Gasteiger partial charge in [0, 0.05) is 17.6 Å². The van der Waals surface area contributed by atoms with Gasteiger partial charge in [-0.1, -0.05) is 16.9 Å². The van der Waals surface area contributed by atoms with Crippen LogP contribution in [0.5, 0.6) is 0 Å². The maximum atomic E-state index is 12.9. The summed E-state index contributed by atoms with van der Waals surface area (Å²) >= 11 is 2.25. The SMILES string of the molecule is CON=CC(=O)NC1(c2csc(N)n2)S[C@H]2CC(=O)N2C(C(=O)O)=C1n1ccc(=N)n2nccc12. The van der Waals surface area contributed by atoms with Gasteiger partial charge in [0.1, 0.15) is 24.5 Å². The molecule has 0 aliphatic carbocycles. The standard InChI is InChI=1S/C19H17N9O5S2/c1-33-23-7-11(29)25-19(9-8-34-18(21)24-9)16(15(17(31)32)27-13(30)6-14(27)35-19)26-5-3-10(20)28-12(26)2-4-22-28/h2-5,7-8,14,20H,6H2,1H3,(H2,21,24)(H,25,29)(H,31,32)/t14-,19?/m0/s1. The van der Waals surface area contributed by atoms with E-state index in [2.05, 4.69) is 25.4 Å². The van der Waals surface area contributed by atoms with Crippen LogP contribution >= 0.6 is 23.1 Å². The number of hydrogen-bond acceptors (Lipinski definition) is 11. The van der Waals surface area contributed by atoms with Gasteiger partial charge in [-0.15, -0.1) is 11.3 Å². The smallest absolute Gasteiger partial charge is 0.354 e. The highest BCUT2D eigenvalue weighted by atomic mass is 32.2. The molecule has 1 saturated heterocycles. The van der Waals surface area contributed by atoms with Crippen molar-refractivity contribution >= 4 is 63.6 Å². The van der Waals surface area contributed by atoms with Gasteiger partial charge < -0.3 is 21.0 Å². The highest BCUT2D eigenvalue weighted by molar-refractivity contribution is 8.01. The Labute approximate surface area is 204 Å². The molecule has 0 aromatic carbocycles. The Balaban J connectivity index is 1.88. The molecule has 14 nitrogen and oxygen atoms in total. The fourth-order valence-corrected chi connectivity index (χ4v) is 6.36. The van der Waals surface area contributed by atoms with Crippen LogP contribution in [0.1, 0.15) is 12.1 Å². The molecule has 3 aromatic rings. The number of β-lactam (4-membered cyclic amide) rings is 1.